The third-order valence-corrected chi connectivity index (χ3v) is 16.8. The highest BCUT2D eigenvalue weighted by Crippen LogP contribution is 2.43. The van der Waals surface area contributed by atoms with Crippen molar-refractivity contribution < 1.29 is 23.7 Å². The second kappa shape index (κ2) is 19.4. The molecule has 3 amide bonds. The molecule has 4 aliphatic heterocycles. The molecule has 3 N–H and O–H groups in total. The molecule has 1 unspecified atom stereocenters. The van der Waals surface area contributed by atoms with Crippen LogP contribution in [-0.2, 0) is 32.4 Å². The van der Waals surface area contributed by atoms with Crippen molar-refractivity contribution in [1.82, 2.24) is 39.2 Å². The van der Waals surface area contributed by atoms with Crippen molar-refractivity contribution >= 4 is 103 Å². The van der Waals surface area contributed by atoms with E-state index in [2.05, 4.69) is 75.6 Å². The standard InChI is InChI=1S/C51H60BrN12O6P/c1-7-31-24-39(56-50-53-27-36(52)47(58-50)55-38-12-11-37-35(10-8-30(2)54-37)46(38)71(5,6)69)44(70-4)26-42(31)61-18-16-33(17-19-61)60-20-22-62(23-21-60)49(67)32-28-63(29-32)34-9-13-40-43(25-34)59(3)51(68)64(40)41-14-15-45(65)57-48(41)66/h8-13,24-27,32-33,41H,7,14-23,28-29H2,1-6H3,(H,57,65,66)(H2,53,55,56,58). The van der Waals surface area contributed by atoms with Gasteiger partial charge >= 0.3 is 5.69 Å². The molecule has 4 aliphatic rings. The fraction of sp³-hybridized carbons (Fsp3) is 0.431. The maximum Gasteiger partial charge on any atom is 0.329 e. The van der Waals surface area contributed by atoms with Gasteiger partial charge in [0.1, 0.15) is 24.8 Å². The Morgan fingerprint density at radius 2 is 1.65 bits per heavy atom. The van der Waals surface area contributed by atoms with Crippen LogP contribution in [0.15, 0.2) is 70.1 Å². The minimum atomic E-state index is -2.74. The number of fused-ring (bicyclic) bond motifs is 2. The summed E-state index contributed by atoms with van der Waals surface area (Å²) in [7, 11) is 0.624. The van der Waals surface area contributed by atoms with E-state index in [4.69, 9.17) is 9.72 Å². The number of imide groups is 1. The number of imidazole rings is 1. The number of benzene rings is 3. The minimum Gasteiger partial charge on any atom is -0.494 e. The van der Waals surface area contributed by atoms with Crippen LogP contribution in [0, 0.1) is 12.8 Å². The van der Waals surface area contributed by atoms with Crippen molar-refractivity contribution in [2.75, 3.05) is 93.2 Å². The molecule has 1 atom stereocenters. The lowest BCUT2D eigenvalue weighted by Gasteiger charge is -2.46. The molecule has 372 valence electrons. The Hall–Kier alpha value is -6.30. The Morgan fingerprint density at radius 1 is 0.887 bits per heavy atom. The fourth-order valence-corrected chi connectivity index (χ4v) is 12.6. The zero-order chi connectivity index (χ0) is 49.9. The van der Waals surface area contributed by atoms with Gasteiger partial charge in [-0.25, -0.2) is 9.78 Å². The second-order valence-corrected chi connectivity index (χ2v) is 23.5. The average molecular weight is 1050 g/mol. The van der Waals surface area contributed by atoms with E-state index in [0.29, 0.717) is 70.9 Å². The summed E-state index contributed by atoms with van der Waals surface area (Å²) in [5.41, 5.74) is 7.46. The molecule has 71 heavy (non-hydrogen) atoms. The van der Waals surface area contributed by atoms with Crippen molar-refractivity contribution in [2.24, 2.45) is 13.0 Å². The molecule has 18 nitrogen and oxygen atoms in total. The van der Waals surface area contributed by atoms with Gasteiger partial charge in [-0.05, 0) is 110 Å². The molecule has 0 radical (unpaired) electrons. The second-order valence-electron chi connectivity index (χ2n) is 19.5. The zero-order valence-corrected chi connectivity index (χ0v) is 43.5. The predicted octanol–water partition coefficient (Wildman–Crippen LogP) is 6.28. The van der Waals surface area contributed by atoms with Gasteiger partial charge in [0.25, 0.3) is 0 Å². The molecule has 3 aromatic heterocycles. The number of piperidine rings is 2. The Morgan fingerprint density at radius 3 is 2.35 bits per heavy atom. The largest absolute Gasteiger partial charge is 0.494 e. The third-order valence-electron chi connectivity index (χ3n) is 14.7. The smallest absolute Gasteiger partial charge is 0.329 e. The van der Waals surface area contributed by atoms with Gasteiger partial charge in [0.05, 0.1) is 45.4 Å². The number of carbonyl (C=O) groups is 3. The number of pyridine rings is 1. The number of halogens is 1. The highest BCUT2D eigenvalue weighted by Gasteiger charge is 2.38. The van der Waals surface area contributed by atoms with E-state index >= 15 is 0 Å². The van der Waals surface area contributed by atoms with Crippen molar-refractivity contribution in [2.45, 2.75) is 58.0 Å². The number of nitrogens with one attached hydrogen (secondary N) is 3. The maximum atomic E-state index is 13.7. The van der Waals surface area contributed by atoms with E-state index in [1.165, 1.54) is 10.1 Å². The first-order valence-corrected chi connectivity index (χ1v) is 27.8. The van der Waals surface area contributed by atoms with Crippen molar-refractivity contribution in [3.05, 3.63) is 87.0 Å². The predicted molar refractivity (Wildman–Crippen MR) is 282 cm³/mol. The first-order chi connectivity index (χ1) is 34.1. The molecule has 20 heteroatoms. The summed E-state index contributed by atoms with van der Waals surface area (Å²) in [6.45, 7) is 13.8. The molecular weight excluding hydrogens is 988 g/mol. The lowest BCUT2D eigenvalue weighted by molar-refractivity contribution is -0.138. The number of rotatable bonds is 12. The van der Waals surface area contributed by atoms with Gasteiger partial charge in [-0.2, -0.15) is 4.98 Å². The molecule has 6 aromatic rings. The summed E-state index contributed by atoms with van der Waals surface area (Å²) in [6.07, 6.45) is 5.03. The number of hydrogen-bond donors (Lipinski definition) is 3. The van der Waals surface area contributed by atoms with Crippen LogP contribution in [0.1, 0.15) is 49.9 Å². The molecule has 10 rings (SSSR count). The normalized spacial score (nSPS) is 18.5. The summed E-state index contributed by atoms with van der Waals surface area (Å²) in [4.78, 5) is 74.7. The Kier molecular flexibility index (Phi) is 13.2. The molecule has 0 bridgehead atoms. The highest BCUT2D eigenvalue weighted by molar-refractivity contribution is 9.10. The summed E-state index contributed by atoms with van der Waals surface area (Å²) < 4.78 is 23.3. The van der Waals surface area contributed by atoms with Crippen LogP contribution in [0.3, 0.4) is 0 Å². The fourth-order valence-electron chi connectivity index (χ4n) is 10.9. The topological polar surface area (TPSA) is 192 Å². The Labute approximate surface area is 420 Å². The van der Waals surface area contributed by atoms with Crippen LogP contribution in [0.5, 0.6) is 5.75 Å². The van der Waals surface area contributed by atoms with Crippen LogP contribution >= 0.6 is 23.1 Å². The Balaban J connectivity index is 0.736. The molecule has 0 spiro atoms. The van der Waals surface area contributed by atoms with E-state index in [1.807, 2.05) is 54.3 Å². The first-order valence-electron chi connectivity index (χ1n) is 24.4. The number of amides is 3. The van der Waals surface area contributed by atoms with E-state index in [0.717, 1.165) is 84.4 Å². The number of anilines is 6. The average Bonchev–Trinajstić information content (AvgIpc) is 3.58. The number of piperazine rings is 1. The molecule has 4 saturated heterocycles. The maximum absolute atomic E-state index is 13.7. The van der Waals surface area contributed by atoms with Crippen LogP contribution in [0.25, 0.3) is 21.9 Å². The van der Waals surface area contributed by atoms with Crippen LogP contribution < -0.4 is 41.5 Å². The number of carbonyl (C=O) groups excluding carboxylic acids is 3. The van der Waals surface area contributed by atoms with E-state index in [-0.39, 0.29) is 36.3 Å². The summed E-state index contributed by atoms with van der Waals surface area (Å²) >= 11 is 3.62. The Bertz CT molecular complexity index is 3200. The lowest BCUT2D eigenvalue weighted by Crippen LogP contribution is -2.59. The molecule has 0 saturated carbocycles. The SMILES string of the molecule is CCc1cc(Nc2ncc(Br)c(Nc3ccc4nc(C)ccc4c3P(C)(C)=O)n2)c(OC)cc1N1CCC(N2CCN(C(=O)C3CN(c4ccc5c(c4)n(C)c(=O)n5C4CCC(=O)NC4=O)C3)CC2)CC1. The van der Waals surface area contributed by atoms with Gasteiger partial charge in [0.15, 0.2) is 0 Å². The van der Waals surface area contributed by atoms with Crippen LogP contribution in [-0.4, -0.2) is 130 Å². The number of aryl methyl sites for hydroxylation is 3. The molecular formula is C51H60BrN12O6P. The number of hydrogen-bond acceptors (Lipinski definition) is 14. The molecule has 0 aliphatic carbocycles. The quantitative estimate of drug-likeness (QED) is 0.0916. The summed E-state index contributed by atoms with van der Waals surface area (Å²) in [5.74, 6) is 0.920. The molecule has 4 fully saturated rings. The minimum absolute atomic E-state index is 0.0861. The molecule has 3 aromatic carbocycles. The van der Waals surface area contributed by atoms with Crippen molar-refractivity contribution in [3.63, 3.8) is 0 Å². The van der Waals surface area contributed by atoms with Gasteiger partial charge in [-0.3, -0.25) is 38.7 Å². The van der Waals surface area contributed by atoms with E-state index in [1.54, 1.807) is 38.3 Å². The van der Waals surface area contributed by atoms with E-state index in [9.17, 15) is 23.7 Å². The van der Waals surface area contributed by atoms with Crippen molar-refractivity contribution in [1.29, 1.82) is 0 Å². The van der Waals surface area contributed by atoms with E-state index < -0.39 is 19.1 Å². The van der Waals surface area contributed by atoms with Gasteiger partial charge in [0.2, 0.25) is 23.7 Å². The number of aromatic nitrogens is 5. The monoisotopic (exact) mass is 1050 g/mol. The van der Waals surface area contributed by atoms with Crippen LogP contribution in [0.2, 0.25) is 0 Å². The first kappa shape index (κ1) is 48.3. The van der Waals surface area contributed by atoms with Crippen LogP contribution in [0.4, 0.5) is 34.5 Å². The summed E-state index contributed by atoms with van der Waals surface area (Å²) in [6, 6.07) is 17.5. The number of methoxy groups -OCH3 is 1. The van der Waals surface area contributed by atoms with Gasteiger partial charge in [-0.15, -0.1) is 0 Å². The third kappa shape index (κ3) is 9.39. The summed E-state index contributed by atoms with van der Waals surface area (Å²) in [5, 5.41) is 10.8. The van der Waals surface area contributed by atoms with Gasteiger partial charge < -0.3 is 34.6 Å². The highest BCUT2D eigenvalue weighted by atomic mass is 79.9. The molecule has 7 heterocycles. The van der Waals surface area contributed by atoms with Gasteiger partial charge in [-0.1, -0.05) is 13.0 Å². The number of ether oxygens (including phenoxy) is 1. The van der Waals surface area contributed by atoms with Gasteiger partial charge in [0, 0.05) is 112 Å². The number of nitrogens with zero attached hydrogens (tertiary/aromatic N) is 9. The zero-order valence-electron chi connectivity index (χ0n) is 41.0. The lowest BCUT2D eigenvalue weighted by atomic mass is 9.96. The van der Waals surface area contributed by atoms with Crippen molar-refractivity contribution in [3.8, 4) is 5.75 Å².